The molecule has 1 aliphatic heterocycles. The van der Waals surface area contributed by atoms with Crippen molar-refractivity contribution in [2.45, 2.75) is 18.4 Å². The van der Waals surface area contributed by atoms with Gasteiger partial charge < -0.3 is 4.74 Å². The fourth-order valence-corrected chi connectivity index (χ4v) is 8.59. The summed E-state index contributed by atoms with van der Waals surface area (Å²) >= 11 is 1.90. The Morgan fingerprint density at radius 3 is 2.00 bits per heavy atom. The van der Waals surface area contributed by atoms with Crippen LogP contribution in [0, 0.1) is 0 Å². The van der Waals surface area contributed by atoms with Crippen LogP contribution < -0.4 is 4.74 Å². The summed E-state index contributed by atoms with van der Waals surface area (Å²) < 4.78 is 9.53. The molecule has 2 aliphatic rings. The fourth-order valence-electron chi connectivity index (χ4n) is 7.36. The molecule has 2 heteroatoms. The van der Waals surface area contributed by atoms with Crippen molar-refractivity contribution in [2.24, 2.45) is 0 Å². The van der Waals surface area contributed by atoms with E-state index in [0.29, 0.717) is 0 Å². The molecule has 0 amide bonds. The summed E-state index contributed by atoms with van der Waals surface area (Å²) in [4.78, 5) is 0. The summed E-state index contributed by atoms with van der Waals surface area (Å²) in [5.41, 5.74) is 5.92. The number of hydrogen-bond donors (Lipinski definition) is 0. The summed E-state index contributed by atoms with van der Waals surface area (Å²) in [6, 6.07) is 42.0. The van der Waals surface area contributed by atoms with E-state index in [1.165, 1.54) is 69.5 Å². The molecular formula is C39H26OS. The lowest BCUT2D eigenvalue weighted by Gasteiger charge is -2.37. The van der Waals surface area contributed by atoms with E-state index in [2.05, 4.69) is 140 Å². The Balaban J connectivity index is 1.37. The fraction of sp³-hybridized carbons (Fsp3) is 0.0769. The summed E-state index contributed by atoms with van der Waals surface area (Å²) in [6.07, 6.45) is 6.81. The van der Waals surface area contributed by atoms with Crippen LogP contribution >= 0.6 is 11.3 Å². The second kappa shape index (κ2) is 8.42. The predicted molar refractivity (Wildman–Crippen MR) is 175 cm³/mol. The van der Waals surface area contributed by atoms with Crippen LogP contribution in [0.3, 0.4) is 0 Å². The van der Waals surface area contributed by atoms with Crippen LogP contribution in [0.15, 0.2) is 133 Å². The molecule has 0 bridgehead atoms. The molecule has 0 saturated carbocycles. The molecule has 0 saturated heterocycles. The number of thiophene rings is 1. The second-order valence-corrected chi connectivity index (χ2v) is 12.4. The van der Waals surface area contributed by atoms with Gasteiger partial charge in [0.25, 0.3) is 0 Å². The minimum Gasteiger partial charge on any atom is -0.481 e. The zero-order valence-electron chi connectivity index (χ0n) is 22.6. The number of benzene rings is 6. The van der Waals surface area contributed by atoms with Gasteiger partial charge in [-0.2, -0.15) is 0 Å². The summed E-state index contributed by atoms with van der Waals surface area (Å²) in [5, 5.41) is 7.81. The number of ether oxygens (including phenoxy) is 1. The highest BCUT2D eigenvalue weighted by atomic mass is 32.1. The van der Waals surface area contributed by atoms with Gasteiger partial charge in [-0.3, -0.25) is 0 Å². The molecule has 0 spiro atoms. The molecule has 194 valence electrons. The SMILES string of the molecule is CC12Oc3ccccc3C1=CC=CC2c1c2ccccc2c(-c2cccc3c2sc2ccccc23)c2ccccc12. The van der Waals surface area contributed by atoms with Gasteiger partial charge in [0.1, 0.15) is 11.4 Å². The summed E-state index contributed by atoms with van der Waals surface area (Å²) in [5.74, 6) is 1.02. The number of para-hydroxylation sites is 1. The van der Waals surface area contributed by atoms with E-state index in [1.807, 2.05) is 11.3 Å². The van der Waals surface area contributed by atoms with Crippen molar-refractivity contribution < 1.29 is 4.74 Å². The van der Waals surface area contributed by atoms with Gasteiger partial charge in [-0.15, -0.1) is 11.3 Å². The van der Waals surface area contributed by atoms with E-state index in [-0.39, 0.29) is 5.92 Å². The Morgan fingerprint density at radius 2 is 1.22 bits per heavy atom. The van der Waals surface area contributed by atoms with Crippen LogP contribution in [-0.2, 0) is 0 Å². The average molecular weight is 543 g/mol. The Hall–Kier alpha value is -4.66. The third-order valence-corrected chi connectivity index (χ3v) is 10.4. The second-order valence-electron chi connectivity index (χ2n) is 11.3. The van der Waals surface area contributed by atoms with Crippen molar-refractivity contribution in [3.8, 4) is 16.9 Å². The van der Waals surface area contributed by atoms with Crippen LogP contribution in [0.1, 0.15) is 24.0 Å². The molecular weight excluding hydrogens is 516 g/mol. The molecule has 0 N–H and O–H groups in total. The van der Waals surface area contributed by atoms with Gasteiger partial charge in [-0.05, 0) is 51.7 Å². The maximum absolute atomic E-state index is 6.85. The first kappa shape index (κ1) is 23.1. The molecule has 2 unspecified atom stereocenters. The molecule has 1 nitrogen and oxygen atoms in total. The van der Waals surface area contributed by atoms with Gasteiger partial charge in [0.2, 0.25) is 0 Å². The van der Waals surface area contributed by atoms with Gasteiger partial charge in [-0.1, -0.05) is 121 Å². The lowest BCUT2D eigenvalue weighted by Crippen LogP contribution is -2.37. The summed E-state index contributed by atoms with van der Waals surface area (Å²) in [6.45, 7) is 2.27. The van der Waals surface area contributed by atoms with E-state index in [9.17, 15) is 0 Å². The van der Waals surface area contributed by atoms with Gasteiger partial charge in [0, 0.05) is 42.8 Å². The van der Waals surface area contributed by atoms with Crippen LogP contribution in [0.25, 0.3) is 58.4 Å². The Morgan fingerprint density at radius 1 is 0.610 bits per heavy atom. The van der Waals surface area contributed by atoms with Gasteiger partial charge in [0.15, 0.2) is 0 Å². The largest absolute Gasteiger partial charge is 0.481 e. The van der Waals surface area contributed by atoms with E-state index in [4.69, 9.17) is 4.74 Å². The molecule has 1 aliphatic carbocycles. The Labute approximate surface area is 242 Å². The van der Waals surface area contributed by atoms with E-state index >= 15 is 0 Å². The molecule has 9 rings (SSSR count). The Kier molecular flexibility index (Phi) is 4.74. The normalized spacial score (nSPS) is 19.4. The predicted octanol–water partition coefficient (Wildman–Crippen LogP) is 10.9. The molecule has 0 radical (unpaired) electrons. The van der Waals surface area contributed by atoms with Crippen molar-refractivity contribution >= 4 is 58.6 Å². The lowest BCUT2D eigenvalue weighted by molar-refractivity contribution is 0.150. The molecule has 1 aromatic heterocycles. The van der Waals surface area contributed by atoms with E-state index in [1.54, 1.807) is 0 Å². The van der Waals surface area contributed by atoms with Crippen molar-refractivity contribution in [1.82, 2.24) is 0 Å². The molecule has 2 heterocycles. The number of rotatable bonds is 2. The number of hydrogen-bond acceptors (Lipinski definition) is 2. The first-order chi connectivity index (χ1) is 20.2. The molecule has 2 atom stereocenters. The first-order valence-corrected chi connectivity index (χ1v) is 15.1. The highest BCUT2D eigenvalue weighted by molar-refractivity contribution is 7.26. The van der Waals surface area contributed by atoms with Crippen molar-refractivity contribution in [2.75, 3.05) is 0 Å². The third kappa shape index (κ3) is 3.11. The number of allylic oxidation sites excluding steroid dienone is 2. The van der Waals surface area contributed by atoms with Crippen molar-refractivity contribution in [3.05, 3.63) is 145 Å². The maximum atomic E-state index is 6.85. The first-order valence-electron chi connectivity index (χ1n) is 14.2. The van der Waals surface area contributed by atoms with Crippen LogP contribution in [0.2, 0.25) is 0 Å². The van der Waals surface area contributed by atoms with E-state index in [0.717, 1.165) is 5.75 Å². The topological polar surface area (TPSA) is 9.23 Å². The number of fused-ring (bicyclic) bond motifs is 8. The standard InChI is InChI=1S/C39H26OS/c1-39-32(30-17-6-8-22-34(30)40-39)20-11-21-33(39)37-27-15-4-2-13-25(27)36(26-14-3-5-16-28(26)37)31-19-10-18-29-24-12-7-9-23-35(24)41-38(29)31/h2-23,33H,1H3. The zero-order chi connectivity index (χ0) is 27.1. The van der Waals surface area contributed by atoms with E-state index < -0.39 is 5.60 Å². The zero-order valence-corrected chi connectivity index (χ0v) is 23.4. The highest BCUT2D eigenvalue weighted by Crippen LogP contribution is 2.55. The summed E-state index contributed by atoms with van der Waals surface area (Å²) in [7, 11) is 0. The van der Waals surface area contributed by atoms with Gasteiger partial charge in [0.05, 0.1) is 0 Å². The lowest BCUT2D eigenvalue weighted by atomic mass is 9.71. The maximum Gasteiger partial charge on any atom is 0.142 e. The molecule has 0 fully saturated rings. The van der Waals surface area contributed by atoms with Crippen LogP contribution in [0.5, 0.6) is 5.75 Å². The monoisotopic (exact) mass is 542 g/mol. The highest BCUT2D eigenvalue weighted by Gasteiger charge is 2.47. The minimum absolute atomic E-state index is 0.0545. The van der Waals surface area contributed by atoms with Gasteiger partial charge in [-0.25, -0.2) is 0 Å². The quantitative estimate of drug-likeness (QED) is 0.197. The van der Waals surface area contributed by atoms with Crippen molar-refractivity contribution in [1.29, 1.82) is 0 Å². The Bertz CT molecular complexity index is 2210. The van der Waals surface area contributed by atoms with Crippen LogP contribution in [0.4, 0.5) is 0 Å². The van der Waals surface area contributed by atoms with Crippen LogP contribution in [-0.4, -0.2) is 5.60 Å². The van der Waals surface area contributed by atoms with Crippen molar-refractivity contribution in [3.63, 3.8) is 0 Å². The molecule has 7 aromatic rings. The minimum atomic E-state index is -0.489. The molecule has 41 heavy (non-hydrogen) atoms. The average Bonchev–Trinajstić information content (AvgIpc) is 3.55. The third-order valence-electron chi connectivity index (χ3n) is 9.15. The van der Waals surface area contributed by atoms with Gasteiger partial charge >= 0.3 is 0 Å². The molecule has 6 aromatic carbocycles. The smallest absolute Gasteiger partial charge is 0.142 e.